The monoisotopic (exact) mass is 488 g/mol. The topological polar surface area (TPSA) is 109 Å². The average molecular weight is 489 g/mol. The lowest BCUT2D eigenvalue weighted by atomic mass is 10.0. The third-order valence-corrected chi connectivity index (χ3v) is 6.52. The van der Waals surface area contributed by atoms with E-state index in [0.717, 1.165) is 11.8 Å². The summed E-state index contributed by atoms with van der Waals surface area (Å²) in [5.41, 5.74) is 8.78. The first-order chi connectivity index (χ1) is 16.0. The molecule has 2 atom stereocenters. The number of aromatic nitrogens is 4. The minimum Gasteiger partial charge on any atom is -0.495 e. The van der Waals surface area contributed by atoms with Crippen molar-refractivity contribution in [3.05, 3.63) is 40.8 Å². The Morgan fingerprint density at radius 1 is 1.12 bits per heavy atom. The van der Waals surface area contributed by atoms with Gasteiger partial charge in [0.25, 0.3) is 0 Å². The number of anilines is 1. The molecule has 172 valence electrons. The number of nitrogens with two attached hydrogens (primary N) is 1. The molecule has 4 aromatic rings. The van der Waals surface area contributed by atoms with Gasteiger partial charge in [-0.05, 0) is 12.5 Å². The maximum absolute atomic E-state index is 6.68. The molecule has 0 aliphatic carbocycles. The fourth-order valence-corrected chi connectivity index (χ4v) is 4.72. The molecule has 1 aliphatic rings. The Hall–Kier alpha value is -2.85. The molecule has 0 saturated carbocycles. The van der Waals surface area contributed by atoms with E-state index >= 15 is 0 Å². The Kier molecular flexibility index (Phi) is 5.88. The summed E-state index contributed by atoms with van der Waals surface area (Å²) in [6.45, 7) is 1.17. The highest BCUT2D eigenvalue weighted by Crippen LogP contribution is 2.47. The summed E-state index contributed by atoms with van der Waals surface area (Å²) in [4.78, 5) is 13.8. The highest BCUT2D eigenvalue weighted by Gasteiger charge is 2.25. The first kappa shape index (κ1) is 22.0. The van der Waals surface area contributed by atoms with E-state index in [2.05, 4.69) is 15.3 Å². The number of imidazole rings is 1. The number of nitrogens with one attached hydrogen (secondary N) is 1. The average Bonchev–Trinajstić information content (AvgIpc) is 3.32. The standard InChI is InChI=1S/C22H22Cl2N6O3/c1-31-15-8-16(32-2)19(24)17(18(15)23)12-7-11-9-27-22(28-14-10-33-6-3-13(14)25)29-20(11)30-5-4-26-21(12)30/h4-5,7-9,13-14H,3,6,10,25H2,1-2H3,(H,27,28,29). The van der Waals surface area contributed by atoms with E-state index < -0.39 is 0 Å². The zero-order valence-electron chi connectivity index (χ0n) is 18.0. The molecule has 0 radical (unpaired) electrons. The van der Waals surface area contributed by atoms with Crippen LogP contribution >= 0.6 is 23.2 Å². The lowest BCUT2D eigenvalue weighted by Gasteiger charge is -2.29. The molecule has 5 rings (SSSR count). The van der Waals surface area contributed by atoms with E-state index in [1.54, 1.807) is 18.5 Å². The number of hydrogen-bond donors (Lipinski definition) is 2. The number of hydrogen-bond acceptors (Lipinski definition) is 8. The molecular formula is C22H22Cl2N6O3. The predicted octanol–water partition coefficient (Wildman–Crippen LogP) is 3.80. The van der Waals surface area contributed by atoms with Crippen molar-refractivity contribution >= 4 is 45.8 Å². The molecule has 0 spiro atoms. The summed E-state index contributed by atoms with van der Waals surface area (Å²) in [5.74, 6) is 1.36. The summed E-state index contributed by atoms with van der Waals surface area (Å²) in [7, 11) is 3.07. The van der Waals surface area contributed by atoms with E-state index in [-0.39, 0.29) is 12.1 Å². The molecule has 9 nitrogen and oxygen atoms in total. The van der Waals surface area contributed by atoms with Gasteiger partial charge in [0.1, 0.15) is 17.1 Å². The summed E-state index contributed by atoms with van der Waals surface area (Å²) >= 11 is 13.4. The van der Waals surface area contributed by atoms with Gasteiger partial charge in [-0.2, -0.15) is 4.98 Å². The van der Waals surface area contributed by atoms with Crippen molar-refractivity contribution in [3.8, 4) is 22.6 Å². The maximum Gasteiger partial charge on any atom is 0.225 e. The molecule has 33 heavy (non-hydrogen) atoms. The SMILES string of the molecule is COc1cc(OC)c(Cl)c(-c2cc3cnc(NC4COCCC4N)nc3n3ccnc23)c1Cl. The molecule has 11 heteroatoms. The minimum absolute atomic E-state index is 0.0268. The van der Waals surface area contributed by atoms with Crippen LogP contribution in [0.15, 0.2) is 30.7 Å². The van der Waals surface area contributed by atoms with Crippen molar-refractivity contribution < 1.29 is 14.2 Å². The number of halogens is 2. The number of rotatable bonds is 5. The highest BCUT2D eigenvalue weighted by atomic mass is 35.5. The van der Waals surface area contributed by atoms with Crippen molar-refractivity contribution in [1.82, 2.24) is 19.4 Å². The molecule has 4 heterocycles. The van der Waals surface area contributed by atoms with Gasteiger partial charge in [-0.1, -0.05) is 23.2 Å². The fourth-order valence-electron chi connectivity index (χ4n) is 4.02. The molecule has 1 fully saturated rings. The van der Waals surface area contributed by atoms with E-state index in [0.29, 0.717) is 63.1 Å². The van der Waals surface area contributed by atoms with Crippen molar-refractivity contribution in [2.75, 3.05) is 32.8 Å². The predicted molar refractivity (Wildman–Crippen MR) is 128 cm³/mol. The molecule has 0 amide bonds. The minimum atomic E-state index is -0.0596. The van der Waals surface area contributed by atoms with E-state index in [1.165, 1.54) is 14.2 Å². The molecule has 1 aliphatic heterocycles. The van der Waals surface area contributed by atoms with Gasteiger partial charge in [0.05, 0.1) is 36.9 Å². The third-order valence-electron chi connectivity index (χ3n) is 5.77. The van der Waals surface area contributed by atoms with E-state index in [1.807, 2.05) is 16.7 Å². The number of fused-ring (bicyclic) bond motifs is 3. The normalized spacial score (nSPS) is 18.6. The van der Waals surface area contributed by atoms with Crippen LogP contribution in [0.4, 0.5) is 5.95 Å². The summed E-state index contributed by atoms with van der Waals surface area (Å²) < 4.78 is 18.3. The highest BCUT2D eigenvalue weighted by molar-refractivity contribution is 6.41. The van der Waals surface area contributed by atoms with Crippen molar-refractivity contribution in [2.24, 2.45) is 5.73 Å². The molecule has 1 aromatic carbocycles. The van der Waals surface area contributed by atoms with E-state index in [9.17, 15) is 0 Å². The Bertz CT molecular complexity index is 1320. The molecule has 3 aromatic heterocycles. The van der Waals surface area contributed by atoms with Crippen molar-refractivity contribution in [2.45, 2.75) is 18.5 Å². The number of methoxy groups -OCH3 is 2. The third kappa shape index (κ3) is 3.80. The van der Waals surface area contributed by atoms with Crippen LogP contribution in [-0.4, -0.2) is 58.9 Å². The zero-order valence-corrected chi connectivity index (χ0v) is 19.5. The van der Waals surface area contributed by atoms with Crippen molar-refractivity contribution in [3.63, 3.8) is 0 Å². The lowest BCUT2D eigenvalue weighted by molar-refractivity contribution is 0.0766. The van der Waals surface area contributed by atoms with Gasteiger partial charge in [0, 0.05) is 53.8 Å². The van der Waals surface area contributed by atoms with Crippen LogP contribution in [0, 0.1) is 0 Å². The van der Waals surface area contributed by atoms with Crippen LogP contribution in [0.3, 0.4) is 0 Å². The van der Waals surface area contributed by atoms with Crippen molar-refractivity contribution in [1.29, 1.82) is 0 Å². The van der Waals surface area contributed by atoms with Gasteiger partial charge in [0.2, 0.25) is 5.95 Å². The molecule has 0 bridgehead atoms. The van der Waals surface area contributed by atoms with Crippen LogP contribution in [0.5, 0.6) is 11.5 Å². The second-order valence-electron chi connectivity index (χ2n) is 7.71. The van der Waals surface area contributed by atoms with Gasteiger partial charge in [0.15, 0.2) is 5.65 Å². The Labute approximate surface area is 199 Å². The van der Waals surface area contributed by atoms with Crippen LogP contribution < -0.4 is 20.5 Å². The van der Waals surface area contributed by atoms with Crippen LogP contribution in [0.2, 0.25) is 10.0 Å². The van der Waals surface area contributed by atoms with Gasteiger partial charge >= 0.3 is 0 Å². The molecule has 2 unspecified atom stereocenters. The largest absolute Gasteiger partial charge is 0.495 e. The van der Waals surface area contributed by atoms with Crippen LogP contribution in [0.1, 0.15) is 6.42 Å². The second-order valence-corrected chi connectivity index (χ2v) is 8.47. The Morgan fingerprint density at radius 3 is 2.58 bits per heavy atom. The second kappa shape index (κ2) is 8.83. The summed E-state index contributed by atoms with van der Waals surface area (Å²) in [6.07, 6.45) is 6.04. The smallest absolute Gasteiger partial charge is 0.225 e. The van der Waals surface area contributed by atoms with Gasteiger partial charge in [-0.25, -0.2) is 9.97 Å². The lowest BCUT2D eigenvalue weighted by Crippen LogP contribution is -2.47. The molecular weight excluding hydrogens is 467 g/mol. The number of ether oxygens (including phenoxy) is 3. The van der Waals surface area contributed by atoms with Gasteiger partial charge in [-0.3, -0.25) is 4.40 Å². The summed E-state index contributed by atoms with van der Waals surface area (Å²) in [6, 6.07) is 3.47. The van der Waals surface area contributed by atoms with Gasteiger partial charge < -0.3 is 25.3 Å². The first-order valence-electron chi connectivity index (χ1n) is 10.3. The fraction of sp³-hybridized carbons (Fsp3) is 0.318. The van der Waals surface area contributed by atoms with Crippen LogP contribution in [-0.2, 0) is 4.74 Å². The Balaban J connectivity index is 1.66. The Morgan fingerprint density at radius 2 is 1.88 bits per heavy atom. The number of pyridine rings is 1. The summed E-state index contributed by atoms with van der Waals surface area (Å²) in [5, 5.41) is 4.79. The molecule has 3 N–H and O–H groups in total. The van der Waals surface area contributed by atoms with Crippen LogP contribution in [0.25, 0.3) is 27.8 Å². The van der Waals surface area contributed by atoms with E-state index in [4.69, 9.17) is 48.1 Å². The first-order valence-corrected chi connectivity index (χ1v) is 11.1. The van der Waals surface area contributed by atoms with Gasteiger partial charge in [-0.15, -0.1) is 0 Å². The zero-order chi connectivity index (χ0) is 23.1. The maximum atomic E-state index is 6.68. The quantitative estimate of drug-likeness (QED) is 0.436. The number of nitrogens with zero attached hydrogens (tertiary/aromatic N) is 4. The molecule has 1 saturated heterocycles. The number of benzene rings is 1.